The lowest BCUT2D eigenvalue weighted by atomic mass is 9.94. The molecule has 3 nitrogen and oxygen atoms in total. The van der Waals surface area contributed by atoms with E-state index < -0.39 is 0 Å². The van der Waals surface area contributed by atoms with Gasteiger partial charge in [-0.15, -0.1) is 0 Å². The summed E-state index contributed by atoms with van der Waals surface area (Å²) in [6.07, 6.45) is 7.01. The van der Waals surface area contributed by atoms with Gasteiger partial charge in [0.2, 0.25) is 5.91 Å². The first-order chi connectivity index (χ1) is 8.22. The van der Waals surface area contributed by atoms with Crippen molar-refractivity contribution in [1.29, 1.82) is 0 Å². The van der Waals surface area contributed by atoms with Crippen LogP contribution in [0.5, 0.6) is 0 Å². The number of likely N-dealkylation sites (tertiary alicyclic amines) is 1. The monoisotopic (exact) mass is 238 g/mol. The Balaban J connectivity index is 1.94. The normalized spacial score (nSPS) is 34.7. The molecule has 2 aliphatic rings. The second-order valence-corrected chi connectivity index (χ2v) is 5.89. The maximum absolute atomic E-state index is 12.5. The van der Waals surface area contributed by atoms with E-state index >= 15 is 0 Å². The molecule has 1 aliphatic heterocycles. The Bertz CT molecular complexity index is 267. The molecule has 0 aromatic heterocycles. The summed E-state index contributed by atoms with van der Waals surface area (Å²) >= 11 is 0. The molecule has 1 amide bonds. The molecule has 98 valence electrons. The fraction of sp³-hybridized carbons (Fsp3) is 0.929. The molecule has 0 spiro atoms. The molecule has 0 aromatic rings. The molecule has 0 radical (unpaired) electrons. The lowest BCUT2D eigenvalue weighted by Gasteiger charge is -2.26. The van der Waals surface area contributed by atoms with E-state index in [9.17, 15) is 4.79 Å². The number of hydrogen-bond donors (Lipinski definition) is 1. The number of carbonyl (C=O) groups excluding carboxylic acids is 1. The van der Waals surface area contributed by atoms with Gasteiger partial charge in [0.1, 0.15) is 0 Å². The number of amides is 1. The zero-order valence-corrected chi connectivity index (χ0v) is 11.0. The Morgan fingerprint density at radius 3 is 2.76 bits per heavy atom. The number of nitrogens with zero attached hydrogens (tertiary/aromatic N) is 1. The highest BCUT2D eigenvalue weighted by molar-refractivity contribution is 5.79. The minimum atomic E-state index is 0.230. The fourth-order valence-electron chi connectivity index (χ4n) is 3.36. The zero-order chi connectivity index (χ0) is 12.3. The van der Waals surface area contributed by atoms with Crippen molar-refractivity contribution in [3.63, 3.8) is 0 Å². The van der Waals surface area contributed by atoms with Gasteiger partial charge in [-0.05, 0) is 50.5 Å². The first-order valence-corrected chi connectivity index (χ1v) is 7.21. The average Bonchev–Trinajstić information content (AvgIpc) is 2.70. The molecule has 1 unspecified atom stereocenters. The van der Waals surface area contributed by atoms with E-state index in [2.05, 4.69) is 11.8 Å². The summed E-state index contributed by atoms with van der Waals surface area (Å²) in [5, 5.41) is 0. The highest BCUT2D eigenvalue weighted by atomic mass is 16.2. The minimum absolute atomic E-state index is 0.230. The molecule has 0 aromatic carbocycles. The molecule has 1 heterocycles. The molecule has 1 aliphatic carbocycles. The summed E-state index contributed by atoms with van der Waals surface area (Å²) < 4.78 is 0. The molecular weight excluding hydrogens is 212 g/mol. The number of carbonyl (C=O) groups is 1. The van der Waals surface area contributed by atoms with Crippen molar-refractivity contribution in [2.45, 2.75) is 45.4 Å². The number of hydrogen-bond acceptors (Lipinski definition) is 2. The van der Waals surface area contributed by atoms with Gasteiger partial charge in [-0.25, -0.2) is 0 Å². The van der Waals surface area contributed by atoms with Crippen LogP contribution in [0, 0.1) is 17.8 Å². The molecule has 2 N–H and O–H groups in total. The molecule has 2 fully saturated rings. The second kappa shape index (κ2) is 5.85. The third kappa shape index (κ3) is 3.01. The summed E-state index contributed by atoms with van der Waals surface area (Å²) in [7, 11) is 0. The Labute approximate surface area is 105 Å². The summed E-state index contributed by atoms with van der Waals surface area (Å²) in [6, 6.07) is 0. The third-order valence-corrected chi connectivity index (χ3v) is 4.61. The van der Waals surface area contributed by atoms with Gasteiger partial charge in [0.25, 0.3) is 0 Å². The van der Waals surface area contributed by atoms with Gasteiger partial charge in [0, 0.05) is 19.0 Å². The zero-order valence-electron chi connectivity index (χ0n) is 11.0. The highest BCUT2D eigenvalue weighted by Gasteiger charge is 2.34. The number of nitrogens with two attached hydrogens (primary N) is 1. The van der Waals surface area contributed by atoms with Gasteiger partial charge >= 0.3 is 0 Å². The molecular formula is C14H26N2O. The van der Waals surface area contributed by atoms with Gasteiger partial charge in [-0.2, -0.15) is 0 Å². The molecule has 17 heavy (non-hydrogen) atoms. The largest absolute Gasteiger partial charge is 0.342 e. The van der Waals surface area contributed by atoms with Crippen molar-refractivity contribution >= 4 is 5.91 Å². The SMILES string of the molecule is CC1CCCN(C(=O)[C@@H]2CCC[C@@H]2CN)CC1. The van der Waals surface area contributed by atoms with Crippen LogP contribution in [-0.4, -0.2) is 30.4 Å². The van der Waals surface area contributed by atoms with Crippen LogP contribution in [0.15, 0.2) is 0 Å². The van der Waals surface area contributed by atoms with Gasteiger partial charge in [0.05, 0.1) is 0 Å². The smallest absolute Gasteiger partial charge is 0.226 e. The first-order valence-electron chi connectivity index (χ1n) is 7.21. The standard InChI is InChI=1S/C14H26N2O/c1-11-4-3-8-16(9-7-11)14(17)13-6-2-5-12(13)10-15/h11-13H,2-10,15H2,1H3/t11?,12-,13-/m1/s1. The summed E-state index contributed by atoms with van der Waals surface area (Å²) in [6.45, 7) is 4.91. The van der Waals surface area contributed by atoms with Gasteiger partial charge in [-0.1, -0.05) is 13.3 Å². The van der Waals surface area contributed by atoms with E-state index in [1.807, 2.05) is 0 Å². The molecule has 0 bridgehead atoms. The summed E-state index contributed by atoms with van der Waals surface area (Å²) in [5.41, 5.74) is 5.77. The Kier molecular flexibility index (Phi) is 4.43. The van der Waals surface area contributed by atoms with Crippen molar-refractivity contribution in [1.82, 2.24) is 4.90 Å². The summed E-state index contributed by atoms with van der Waals surface area (Å²) in [5.74, 6) is 1.85. The highest BCUT2D eigenvalue weighted by Crippen LogP contribution is 2.33. The molecule has 3 heteroatoms. The van der Waals surface area contributed by atoms with E-state index in [0.717, 1.165) is 31.8 Å². The quantitative estimate of drug-likeness (QED) is 0.800. The predicted molar refractivity (Wildman–Crippen MR) is 69.5 cm³/mol. The summed E-state index contributed by atoms with van der Waals surface area (Å²) in [4.78, 5) is 14.6. The van der Waals surface area contributed by atoms with Crippen LogP contribution in [0.25, 0.3) is 0 Å². The Hall–Kier alpha value is -0.570. The molecule has 1 saturated heterocycles. The molecule has 1 saturated carbocycles. The lowest BCUT2D eigenvalue weighted by Crippen LogP contribution is -2.39. The number of rotatable bonds is 2. The van der Waals surface area contributed by atoms with Gasteiger partial charge in [0.15, 0.2) is 0 Å². The van der Waals surface area contributed by atoms with Crippen LogP contribution in [0.2, 0.25) is 0 Å². The van der Waals surface area contributed by atoms with Crippen molar-refractivity contribution in [2.75, 3.05) is 19.6 Å². The van der Waals surface area contributed by atoms with Crippen LogP contribution in [0.4, 0.5) is 0 Å². The van der Waals surface area contributed by atoms with Crippen LogP contribution in [-0.2, 0) is 4.79 Å². The van der Waals surface area contributed by atoms with E-state index in [4.69, 9.17) is 5.73 Å². The van der Waals surface area contributed by atoms with Gasteiger partial charge in [-0.3, -0.25) is 4.79 Å². The van der Waals surface area contributed by atoms with Gasteiger partial charge < -0.3 is 10.6 Å². The van der Waals surface area contributed by atoms with Crippen molar-refractivity contribution < 1.29 is 4.79 Å². The Morgan fingerprint density at radius 1 is 1.18 bits per heavy atom. The molecule has 2 rings (SSSR count). The topological polar surface area (TPSA) is 46.3 Å². The van der Waals surface area contributed by atoms with Crippen molar-refractivity contribution in [2.24, 2.45) is 23.5 Å². The van der Waals surface area contributed by atoms with Crippen LogP contribution in [0.1, 0.15) is 45.4 Å². The van der Waals surface area contributed by atoms with Crippen LogP contribution in [0.3, 0.4) is 0 Å². The third-order valence-electron chi connectivity index (χ3n) is 4.61. The van der Waals surface area contributed by atoms with Crippen molar-refractivity contribution in [3.8, 4) is 0 Å². The van der Waals surface area contributed by atoms with E-state index in [1.54, 1.807) is 0 Å². The van der Waals surface area contributed by atoms with E-state index in [0.29, 0.717) is 18.4 Å². The molecule has 3 atom stereocenters. The maximum Gasteiger partial charge on any atom is 0.226 e. The minimum Gasteiger partial charge on any atom is -0.342 e. The van der Waals surface area contributed by atoms with Crippen molar-refractivity contribution in [3.05, 3.63) is 0 Å². The van der Waals surface area contributed by atoms with Crippen LogP contribution < -0.4 is 5.73 Å². The predicted octanol–water partition coefficient (Wildman–Crippen LogP) is 2.01. The lowest BCUT2D eigenvalue weighted by molar-refractivity contribution is -0.136. The fourth-order valence-corrected chi connectivity index (χ4v) is 3.36. The second-order valence-electron chi connectivity index (χ2n) is 5.89. The maximum atomic E-state index is 12.5. The van der Waals surface area contributed by atoms with Crippen LogP contribution >= 0.6 is 0 Å². The first kappa shape index (κ1) is 12.9. The average molecular weight is 238 g/mol. The van der Waals surface area contributed by atoms with E-state index in [1.165, 1.54) is 25.7 Å². The van der Waals surface area contributed by atoms with E-state index in [-0.39, 0.29) is 5.92 Å². The Morgan fingerprint density at radius 2 is 2.00 bits per heavy atom.